The summed E-state index contributed by atoms with van der Waals surface area (Å²) in [6.07, 6.45) is 0. The molecule has 6 nitrogen and oxygen atoms in total. The second-order valence-corrected chi connectivity index (χ2v) is 3.67. The zero-order chi connectivity index (χ0) is 14.3. The van der Waals surface area contributed by atoms with E-state index in [0.29, 0.717) is 0 Å². The van der Waals surface area contributed by atoms with E-state index in [9.17, 15) is 18.8 Å². The van der Waals surface area contributed by atoms with Crippen molar-refractivity contribution in [2.45, 2.75) is 6.92 Å². The predicted molar refractivity (Wildman–Crippen MR) is 66.7 cm³/mol. The molecule has 0 bridgehead atoms. The maximum atomic E-state index is 13.2. The molecule has 1 aromatic carbocycles. The minimum absolute atomic E-state index is 0.0653. The van der Waals surface area contributed by atoms with Gasteiger partial charge in [0.2, 0.25) is 5.91 Å². The van der Waals surface area contributed by atoms with Crippen molar-refractivity contribution in [2.75, 3.05) is 18.4 Å². The third-order valence-electron chi connectivity index (χ3n) is 2.11. The fourth-order valence-electron chi connectivity index (χ4n) is 1.24. The molecule has 0 spiro atoms. The number of halogens is 1. The highest BCUT2D eigenvalue weighted by Crippen LogP contribution is 2.11. The lowest BCUT2D eigenvalue weighted by Crippen LogP contribution is -2.39. The monoisotopic (exact) mass is 267 g/mol. The molecule has 3 amide bonds. The Hall–Kier alpha value is -2.44. The first kappa shape index (κ1) is 14.6. The number of hydrogen-bond donors (Lipinski definition) is 3. The largest absolute Gasteiger partial charge is 0.355 e. The standard InChI is InChI=1S/C12H14FN3O3/c1-8(17)14-6-7-15-11(18)12(19)16-10-5-3-2-4-9(10)13/h2-5H,6-7H2,1H3,(H,14,17)(H,15,18)(H,16,19). The quantitative estimate of drug-likeness (QED) is 0.531. The van der Waals surface area contributed by atoms with Crippen molar-refractivity contribution in [1.82, 2.24) is 10.6 Å². The zero-order valence-corrected chi connectivity index (χ0v) is 10.3. The van der Waals surface area contributed by atoms with Gasteiger partial charge in [0.1, 0.15) is 5.82 Å². The highest BCUT2D eigenvalue weighted by Gasteiger charge is 2.14. The highest BCUT2D eigenvalue weighted by molar-refractivity contribution is 6.39. The topological polar surface area (TPSA) is 87.3 Å². The summed E-state index contributed by atoms with van der Waals surface area (Å²) in [6, 6.07) is 5.52. The maximum Gasteiger partial charge on any atom is 0.313 e. The number of amides is 3. The van der Waals surface area contributed by atoms with Crippen molar-refractivity contribution in [3.8, 4) is 0 Å². The van der Waals surface area contributed by atoms with Crippen LogP contribution in [0, 0.1) is 5.82 Å². The molecule has 19 heavy (non-hydrogen) atoms. The van der Waals surface area contributed by atoms with Crippen LogP contribution in [0.5, 0.6) is 0 Å². The smallest absolute Gasteiger partial charge is 0.313 e. The Morgan fingerprint density at radius 2 is 1.68 bits per heavy atom. The molecule has 0 fully saturated rings. The lowest BCUT2D eigenvalue weighted by molar-refractivity contribution is -0.136. The first-order chi connectivity index (χ1) is 9.00. The minimum Gasteiger partial charge on any atom is -0.355 e. The lowest BCUT2D eigenvalue weighted by atomic mass is 10.3. The lowest BCUT2D eigenvalue weighted by Gasteiger charge is -2.07. The number of carbonyl (C=O) groups is 3. The van der Waals surface area contributed by atoms with Gasteiger partial charge in [-0.15, -0.1) is 0 Å². The van der Waals surface area contributed by atoms with Gasteiger partial charge in [0.05, 0.1) is 5.69 Å². The van der Waals surface area contributed by atoms with E-state index in [1.54, 1.807) is 0 Å². The van der Waals surface area contributed by atoms with Crippen LogP contribution in [0.4, 0.5) is 10.1 Å². The highest BCUT2D eigenvalue weighted by atomic mass is 19.1. The molecule has 3 N–H and O–H groups in total. The van der Waals surface area contributed by atoms with E-state index in [0.717, 1.165) is 0 Å². The molecule has 0 saturated carbocycles. The number of hydrogen-bond acceptors (Lipinski definition) is 3. The van der Waals surface area contributed by atoms with Gasteiger partial charge in [0.25, 0.3) is 0 Å². The van der Waals surface area contributed by atoms with Crippen LogP contribution in [0.15, 0.2) is 24.3 Å². The summed E-state index contributed by atoms with van der Waals surface area (Å²) < 4.78 is 13.2. The van der Waals surface area contributed by atoms with Crippen LogP contribution in [0.25, 0.3) is 0 Å². The first-order valence-electron chi connectivity index (χ1n) is 5.59. The minimum atomic E-state index is -0.965. The Balaban J connectivity index is 2.39. The molecular weight excluding hydrogens is 253 g/mol. The zero-order valence-electron chi connectivity index (χ0n) is 10.3. The van der Waals surface area contributed by atoms with Crippen LogP contribution < -0.4 is 16.0 Å². The van der Waals surface area contributed by atoms with E-state index >= 15 is 0 Å². The van der Waals surface area contributed by atoms with Crippen LogP contribution in [0.1, 0.15) is 6.92 Å². The molecule has 1 rings (SSSR count). The van der Waals surface area contributed by atoms with Gasteiger partial charge in [-0.1, -0.05) is 12.1 Å². The van der Waals surface area contributed by atoms with Gasteiger partial charge in [-0.25, -0.2) is 4.39 Å². The normalized spacial score (nSPS) is 9.58. The summed E-state index contributed by atoms with van der Waals surface area (Å²) >= 11 is 0. The average molecular weight is 267 g/mol. The first-order valence-corrected chi connectivity index (χ1v) is 5.59. The average Bonchev–Trinajstić information content (AvgIpc) is 2.36. The molecule has 7 heteroatoms. The van der Waals surface area contributed by atoms with Crippen molar-refractivity contribution in [3.05, 3.63) is 30.1 Å². The Labute approximate surface area is 109 Å². The van der Waals surface area contributed by atoms with E-state index in [-0.39, 0.29) is 24.7 Å². The van der Waals surface area contributed by atoms with Crippen molar-refractivity contribution in [2.24, 2.45) is 0 Å². The third-order valence-corrected chi connectivity index (χ3v) is 2.11. The van der Waals surface area contributed by atoms with Crippen LogP contribution in [-0.2, 0) is 14.4 Å². The van der Waals surface area contributed by atoms with Crippen molar-refractivity contribution in [1.29, 1.82) is 0 Å². The summed E-state index contributed by atoms with van der Waals surface area (Å²) in [5.41, 5.74) is -0.0653. The molecule has 0 aromatic heterocycles. The van der Waals surface area contributed by atoms with Crippen LogP contribution >= 0.6 is 0 Å². The summed E-state index contributed by atoms with van der Waals surface area (Å²) in [5, 5.41) is 6.89. The Bertz CT molecular complexity index is 491. The molecule has 0 unspecified atom stereocenters. The summed E-state index contributed by atoms with van der Waals surface area (Å²) in [6.45, 7) is 1.67. The van der Waals surface area contributed by atoms with E-state index < -0.39 is 17.6 Å². The molecule has 0 aliphatic carbocycles. The van der Waals surface area contributed by atoms with Crippen LogP contribution in [0.3, 0.4) is 0 Å². The number of benzene rings is 1. The summed E-state index contributed by atoms with van der Waals surface area (Å²) in [7, 11) is 0. The number of nitrogens with one attached hydrogen (secondary N) is 3. The molecule has 102 valence electrons. The fraction of sp³-hybridized carbons (Fsp3) is 0.250. The van der Waals surface area contributed by atoms with E-state index in [4.69, 9.17) is 0 Å². The molecule has 1 aromatic rings. The van der Waals surface area contributed by atoms with Crippen LogP contribution in [0.2, 0.25) is 0 Å². The third kappa shape index (κ3) is 5.15. The second-order valence-electron chi connectivity index (χ2n) is 3.67. The Kier molecular flexibility index (Phi) is 5.46. The van der Waals surface area contributed by atoms with Crippen LogP contribution in [-0.4, -0.2) is 30.8 Å². The molecule has 0 saturated heterocycles. The molecule has 0 aliphatic rings. The maximum absolute atomic E-state index is 13.2. The Morgan fingerprint density at radius 1 is 1.05 bits per heavy atom. The van der Waals surface area contributed by atoms with E-state index in [1.807, 2.05) is 0 Å². The summed E-state index contributed by atoms with van der Waals surface area (Å²) in [5.74, 6) is -2.71. The van der Waals surface area contributed by atoms with Gasteiger partial charge in [-0.2, -0.15) is 0 Å². The van der Waals surface area contributed by atoms with Crippen molar-refractivity contribution >= 4 is 23.4 Å². The van der Waals surface area contributed by atoms with Gasteiger partial charge in [-0.05, 0) is 12.1 Å². The molecule has 0 heterocycles. The van der Waals surface area contributed by atoms with Gasteiger partial charge in [0, 0.05) is 20.0 Å². The SMILES string of the molecule is CC(=O)NCCNC(=O)C(=O)Nc1ccccc1F. The van der Waals surface area contributed by atoms with Crippen molar-refractivity contribution in [3.63, 3.8) is 0 Å². The number of rotatable bonds is 4. The Morgan fingerprint density at radius 3 is 2.32 bits per heavy atom. The van der Waals surface area contributed by atoms with Gasteiger partial charge < -0.3 is 16.0 Å². The van der Waals surface area contributed by atoms with Crippen molar-refractivity contribution < 1.29 is 18.8 Å². The van der Waals surface area contributed by atoms with Gasteiger partial charge >= 0.3 is 11.8 Å². The molecule has 0 radical (unpaired) electrons. The molecule has 0 aliphatic heterocycles. The van der Waals surface area contributed by atoms with E-state index in [2.05, 4.69) is 16.0 Å². The second kappa shape index (κ2) is 7.10. The van der Waals surface area contributed by atoms with E-state index in [1.165, 1.54) is 31.2 Å². The fourth-order valence-corrected chi connectivity index (χ4v) is 1.24. The summed E-state index contributed by atoms with van der Waals surface area (Å²) in [4.78, 5) is 33.3. The predicted octanol–water partition coefficient (Wildman–Crippen LogP) is 0.0165. The number of para-hydroxylation sites is 1. The number of carbonyl (C=O) groups excluding carboxylic acids is 3. The number of anilines is 1. The molecular formula is C12H14FN3O3. The van der Waals surface area contributed by atoms with Gasteiger partial charge in [-0.3, -0.25) is 14.4 Å². The van der Waals surface area contributed by atoms with Gasteiger partial charge in [0.15, 0.2) is 0 Å². The molecule has 0 atom stereocenters.